The smallest absolute Gasteiger partial charge is 0.230 e. The summed E-state index contributed by atoms with van der Waals surface area (Å²) in [6.45, 7) is 6.49. The van der Waals surface area contributed by atoms with Crippen LogP contribution in [0.5, 0.6) is 0 Å². The highest BCUT2D eigenvalue weighted by atomic mass is 32.2. The highest BCUT2D eigenvalue weighted by molar-refractivity contribution is 7.91. The van der Waals surface area contributed by atoms with Gasteiger partial charge in [-0.2, -0.15) is 0 Å². The first kappa shape index (κ1) is 15.4. The van der Waals surface area contributed by atoms with Gasteiger partial charge in [-0.15, -0.1) is 0 Å². The molecule has 2 unspecified atom stereocenters. The van der Waals surface area contributed by atoms with Crippen molar-refractivity contribution in [3.05, 3.63) is 0 Å². The fraction of sp³-hybridized carbons (Fsp3) is 0.917. The molecule has 1 rings (SSSR count). The van der Waals surface area contributed by atoms with E-state index in [0.29, 0.717) is 19.4 Å². The van der Waals surface area contributed by atoms with Crippen LogP contribution < -0.4 is 5.73 Å². The van der Waals surface area contributed by atoms with Gasteiger partial charge < -0.3 is 10.6 Å². The Kier molecular flexibility index (Phi) is 4.78. The van der Waals surface area contributed by atoms with Crippen molar-refractivity contribution >= 4 is 15.7 Å². The number of hydrogen-bond donors (Lipinski definition) is 1. The maximum Gasteiger partial charge on any atom is 0.230 e. The van der Waals surface area contributed by atoms with Crippen LogP contribution in [0.4, 0.5) is 0 Å². The number of carbonyl (C=O) groups excluding carboxylic acids is 1. The molecule has 0 aromatic rings. The van der Waals surface area contributed by atoms with Crippen molar-refractivity contribution in [1.29, 1.82) is 0 Å². The molecule has 0 spiro atoms. The van der Waals surface area contributed by atoms with Gasteiger partial charge in [-0.05, 0) is 26.7 Å². The Bertz CT molecular complexity index is 402. The summed E-state index contributed by atoms with van der Waals surface area (Å²) in [6, 6.07) is -0.176. The molecule has 1 aliphatic heterocycles. The molecule has 6 heteroatoms. The normalized spacial score (nSPS) is 25.7. The molecule has 1 aliphatic rings. The molecule has 18 heavy (non-hydrogen) atoms. The van der Waals surface area contributed by atoms with Gasteiger partial charge in [0.05, 0.1) is 16.9 Å². The van der Waals surface area contributed by atoms with E-state index >= 15 is 0 Å². The molecule has 0 saturated carbocycles. The predicted octanol–water partition coefficient (Wildman–Crippen LogP) is 0.397. The van der Waals surface area contributed by atoms with E-state index in [2.05, 4.69) is 0 Å². The minimum absolute atomic E-state index is 0.0166. The van der Waals surface area contributed by atoms with Crippen LogP contribution in [0.1, 0.15) is 33.6 Å². The standard InChI is InChI=1S/C12H24N2O3S/c1-4-12(3,9-13)11(15)14(5-2)10-6-7-18(16,17)8-10/h10H,4-9,13H2,1-3H3. The SMILES string of the molecule is CCN(C(=O)C(C)(CC)CN)C1CCS(=O)(=O)C1. The molecule has 0 radical (unpaired) electrons. The highest BCUT2D eigenvalue weighted by Crippen LogP contribution is 2.27. The number of amides is 1. The second-order valence-corrected chi connectivity index (χ2v) is 7.50. The average Bonchev–Trinajstić information content (AvgIpc) is 2.69. The van der Waals surface area contributed by atoms with Crippen LogP contribution in [0.3, 0.4) is 0 Å². The van der Waals surface area contributed by atoms with Crippen LogP contribution in [0, 0.1) is 5.41 Å². The van der Waals surface area contributed by atoms with Crippen LogP contribution in [-0.2, 0) is 14.6 Å². The summed E-state index contributed by atoms with van der Waals surface area (Å²) in [5.74, 6) is 0.265. The van der Waals surface area contributed by atoms with Crippen LogP contribution >= 0.6 is 0 Å². The first-order chi connectivity index (χ1) is 8.29. The van der Waals surface area contributed by atoms with Gasteiger partial charge in [0, 0.05) is 19.1 Å². The Morgan fingerprint density at radius 3 is 2.39 bits per heavy atom. The van der Waals surface area contributed by atoms with Gasteiger partial charge in [0.25, 0.3) is 0 Å². The largest absolute Gasteiger partial charge is 0.338 e. The molecule has 1 fully saturated rings. The monoisotopic (exact) mass is 276 g/mol. The van der Waals surface area contributed by atoms with E-state index in [4.69, 9.17) is 5.73 Å². The average molecular weight is 276 g/mol. The molecule has 0 aromatic heterocycles. The number of nitrogens with zero attached hydrogens (tertiary/aromatic N) is 1. The summed E-state index contributed by atoms with van der Waals surface area (Å²) >= 11 is 0. The van der Waals surface area contributed by atoms with Gasteiger partial charge in [0.2, 0.25) is 5.91 Å². The van der Waals surface area contributed by atoms with E-state index < -0.39 is 15.3 Å². The Balaban J connectivity index is 2.88. The van der Waals surface area contributed by atoms with E-state index in [-0.39, 0.29) is 30.0 Å². The van der Waals surface area contributed by atoms with Gasteiger partial charge in [-0.25, -0.2) is 8.42 Å². The second kappa shape index (κ2) is 5.57. The topological polar surface area (TPSA) is 80.5 Å². The lowest BCUT2D eigenvalue weighted by Crippen LogP contribution is -2.50. The van der Waals surface area contributed by atoms with Crippen molar-refractivity contribution in [3.8, 4) is 0 Å². The number of nitrogens with two attached hydrogens (primary N) is 1. The molecular formula is C12H24N2O3S. The molecule has 0 bridgehead atoms. The Morgan fingerprint density at radius 2 is 2.06 bits per heavy atom. The quantitative estimate of drug-likeness (QED) is 0.788. The molecule has 106 valence electrons. The molecule has 0 aliphatic carbocycles. The minimum atomic E-state index is -2.97. The zero-order valence-electron chi connectivity index (χ0n) is 11.5. The first-order valence-electron chi connectivity index (χ1n) is 6.51. The number of sulfone groups is 1. The maximum absolute atomic E-state index is 12.5. The van der Waals surface area contributed by atoms with Crippen molar-refractivity contribution in [2.24, 2.45) is 11.1 Å². The molecule has 1 amide bonds. The summed E-state index contributed by atoms with van der Waals surface area (Å²) < 4.78 is 23.0. The summed E-state index contributed by atoms with van der Waals surface area (Å²) in [4.78, 5) is 14.2. The van der Waals surface area contributed by atoms with Crippen molar-refractivity contribution < 1.29 is 13.2 Å². The van der Waals surface area contributed by atoms with E-state index in [1.807, 2.05) is 20.8 Å². The van der Waals surface area contributed by atoms with Gasteiger partial charge >= 0.3 is 0 Å². The fourth-order valence-corrected chi connectivity index (χ4v) is 4.05. The van der Waals surface area contributed by atoms with Crippen LogP contribution in [0.2, 0.25) is 0 Å². The molecule has 0 aromatic carbocycles. The van der Waals surface area contributed by atoms with E-state index in [1.54, 1.807) is 4.90 Å². The lowest BCUT2D eigenvalue weighted by molar-refractivity contribution is -0.142. The van der Waals surface area contributed by atoms with Crippen molar-refractivity contribution in [2.75, 3.05) is 24.6 Å². The third kappa shape index (κ3) is 3.03. The van der Waals surface area contributed by atoms with E-state index in [0.717, 1.165) is 0 Å². The van der Waals surface area contributed by atoms with Gasteiger partial charge in [0.1, 0.15) is 0 Å². The number of rotatable bonds is 5. The zero-order chi connectivity index (χ0) is 14.0. The summed E-state index contributed by atoms with van der Waals surface area (Å²) in [6.07, 6.45) is 1.21. The molecule has 5 nitrogen and oxygen atoms in total. The second-order valence-electron chi connectivity index (χ2n) is 5.27. The Labute approximate surface area is 110 Å². The van der Waals surface area contributed by atoms with Gasteiger partial charge in [-0.1, -0.05) is 6.92 Å². The van der Waals surface area contributed by atoms with Crippen molar-refractivity contribution in [2.45, 2.75) is 39.7 Å². The third-order valence-corrected chi connectivity index (χ3v) is 5.75. The fourth-order valence-electron chi connectivity index (χ4n) is 2.32. The van der Waals surface area contributed by atoms with E-state index in [1.165, 1.54) is 0 Å². The van der Waals surface area contributed by atoms with E-state index in [9.17, 15) is 13.2 Å². The summed E-state index contributed by atoms with van der Waals surface area (Å²) in [5.41, 5.74) is 5.12. The lowest BCUT2D eigenvalue weighted by atomic mass is 9.85. The zero-order valence-corrected chi connectivity index (χ0v) is 12.3. The lowest BCUT2D eigenvalue weighted by Gasteiger charge is -2.35. The molecule has 2 N–H and O–H groups in total. The third-order valence-electron chi connectivity index (χ3n) is 4.00. The molecule has 1 heterocycles. The first-order valence-corrected chi connectivity index (χ1v) is 8.33. The predicted molar refractivity (Wildman–Crippen MR) is 71.9 cm³/mol. The van der Waals surface area contributed by atoms with Crippen molar-refractivity contribution in [3.63, 3.8) is 0 Å². The maximum atomic E-state index is 12.5. The van der Waals surface area contributed by atoms with Crippen LogP contribution in [-0.4, -0.2) is 49.9 Å². The Hall–Kier alpha value is -0.620. The van der Waals surface area contributed by atoms with Crippen LogP contribution in [0.25, 0.3) is 0 Å². The van der Waals surface area contributed by atoms with Gasteiger partial charge in [-0.3, -0.25) is 4.79 Å². The van der Waals surface area contributed by atoms with Crippen molar-refractivity contribution in [1.82, 2.24) is 4.90 Å². The summed E-state index contributed by atoms with van der Waals surface area (Å²) in [7, 11) is -2.97. The molecular weight excluding hydrogens is 252 g/mol. The highest BCUT2D eigenvalue weighted by Gasteiger charge is 2.40. The minimum Gasteiger partial charge on any atom is -0.338 e. The molecule has 2 atom stereocenters. The summed E-state index contributed by atoms with van der Waals surface area (Å²) in [5, 5.41) is 0. The van der Waals surface area contributed by atoms with Gasteiger partial charge in [0.15, 0.2) is 9.84 Å². The molecule has 1 saturated heterocycles. The number of carbonyl (C=O) groups is 1. The Morgan fingerprint density at radius 1 is 1.44 bits per heavy atom. The number of hydrogen-bond acceptors (Lipinski definition) is 4. The van der Waals surface area contributed by atoms with Crippen LogP contribution in [0.15, 0.2) is 0 Å².